The van der Waals surface area contributed by atoms with E-state index in [1.807, 2.05) is 18.2 Å². The van der Waals surface area contributed by atoms with Crippen molar-refractivity contribution in [3.8, 4) is 0 Å². The molecule has 1 saturated heterocycles. The van der Waals surface area contributed by atoms with E-state index in [0.717, 1.165) is 29.8 Å². The molecule has 4 heterocycles. The Labute approximate surface area is 200 Å². The highest BCUT2D eigenvalue weighted by atomic mass is 32.2. The van der Waals surface area contributed by atoms with Gasteiger partial charge in [-0.3, -0.25) is 0 Å². The quantitative estimate of drug-likeness (QED) is 0.540. The van der Waals surface area contributed by atoms with Crippen molar-refractivity contribution in [1.82, 2.24) is 9.97 Å². The van der Waals surface area contributed by atoms with Gasteiger partial charge in [0.05, 0.1) is 0 Å². The lowest BCUT2D eigenvalue weighted by Crippen LogP contribution is -2.47. The fraction of sp³-hybridized carbons (Fsp3) is 0.280. The molecule has 0 amide bonds. The van der Waals surface area contributed by atoms with Crippen LogP contribution in [0.1, 0.15) is 24.1 Å². The van der Waals surface area contributed by atoms with Gasteiger partial charge in [0.15, 0.2) is 11.7 Å². The Morgan fingerprint density at radius 3 is 2.79 bits per heavy atom. The third-order valence-electron chi connectivity index (χ3n) is 6.63. The van der Waals surface area contributed by atoms with E-state index in [4.69, 9.17) is 14.7 Å². The normalized spacial score (nSPS) is 20.4. The molecule has 0 radical (unpaired) electrons. The van der Waals surface area contributed by atoms with Crippen LogP contribution in [0.3, 0.4) is 0 Å². The topological polar surface area (TPSA) is 85.4 Å². The van der Waals surface area contributed by atoms with Crippen molar-refractivity contribution in [3.05, 3.63) is 78.1 Å². The molecule has 34 heavy (non-hydrogen) atoms. The van der Waals surface area contributed by atoms with Crippen molar-refractivity contribution >= 4 is 34.3 Å². The van der Waals surface area contributed by atoms with Crippen molar-refractivity contribution in [3.63, 3.8) is 0 Å². The molecule has 1 aromatic heterocycles. The number of fused-ring (bicyclic) bond motifs is 3. The van der Waals surface area contributed by atoms with Crippen LogP contribution in [-0.2, 0) is 27.9 Å². The molecule has 1 fully saturated rings. The van der Waals surface area contributed by atoms with Gasteiger partial charge in [-0.1, -0.05) is 24.3 Å². The zero-order chi connectivity index (χ0) is 23.3. The standard InChI is InChI=1S/C25H24FN5O2S/c1-16-27-20-8-3-2-7-19(20)25(33-16)10-12-31(13-11-25)24-29-21-9-14-34(32)22(21)23(30-24)28-18-6-4-5-17(26)15-18/h2-8,15,27H,1,9-14H2,(H,28,29,30). The summed E-state index contributed by atoms with van der Waals surface area (Å²) >= 11 is -1.18. The number of hydrogen-bond acceptors (Lipinski definition) is 7. The van der Waals surface area contributed by atoms with Crippen LogP contribution in [0, 0.1) is 5.82 Å². The Hall–Kier alpha value is -3.30. The Morgan fingerprint density at radius 2 is 1.97 bits per heavy atom. The molecular formula is C25H24FN5O2S. The predicted octanol–water partition coefficient (Wildman–Crippen LogP) is 4.43. The summed E-state index contributed by atoms with van der Waals surface area (Å²) in [7, 11) is 0. The number of nitrogens with zero attached hydrogens (tertiary/aromatic N) is 3. The summed E-state index contributed by atoms with van der Waals surface area (Å²) in [4.78, 5) is 12.3. The SMILES string of the molecule is C=C1Nc2ccccc2C2(CCN(c3nc4c(c(Nc5cccc(F)c5)n3)[S+]([O-])CC4)CC2)O1. The molecule has 2 N–H and O–H groups in total. The number of nitrogens with one attached hydrogen (secondary N) is 2. The van der Waals surface area contributed by atoms with Gasteiger partial charge in [-0.25, -0.2) is 9.37 Å². The van der Waals surface area contributed by atoms with E-state index >= 15 is 0 Å². The average molecular weight is 478 g/mol. The molecular weight excluding hydrogens is 453 g/mol. The van der Waals surface area contributed by atoms with E-state index in [1.54, 1.807) is 12.1 Å². The lowest BCUT2D eigenvalue weighted by atomic mass is 9.82. The van der Waals surface area contributed by atoms with E-state index in [2.05, 4.69) is 28.2 Å². The number of piperidine rings is 1. The highest BCUT2D eigenvalue weighted by Gasteiger charge is 2.43. The molecule has 7 nitrogen and oxygen atoms in total. The summed E-state index contributed by atoms with van der Waals surface area (Å²) in [5.41, 5.74) is 3.09. The smallest absolute Gasteiger partial charge is 0.227 e. The third kappa shape index (κ3) is 3.65. The average Bonchev–Trinajstić information content (AvgIpc) is 3.20. The minimum Gasteiger partial charge on any atom is -0.611 e. The maximum Gasteiger partial charge on any atom is 0.227 e. The molecule has 0 bridgehead atoms. The third-order valence-corrected chi connectivity index (χ3v) is 8.09. The number of anilines is 4. The number of rotatable bonds is 3. The van der Waals surface area contributed by atoms with Crippen LogP contribution in [0.25, 0.3) is 0 Å². The van der Waals surface area contributed by atoms with Crippen LogP contribution < -0.4 is 15.5 Å². The zero-order valence-corrected chi connectivity index (χ0v) is 19.3. The van der Waals surface area contributed by atoms with Gasteiger partial charge in [-0.15, -0.1) is 0 Å². The molecule has 174 valence electrons. The van der Waals surface area contributed by atoms with Gasteiger partial charge < -0.3 is 24.8 Å². The lowest BCUT2D eigenvalue weighted by molar-refractivity contribution is -0.0257. The van der Waals surface area contributed by atoms with Gasteiger partial charge in [-0.05, 0) is 42.0 Å². The molecule has 6 rings (SSSR count). The molecule has 1 atom stereocenters. The molecule has 9 heteroatoms. The van der Waals surface area contributed by atoms with Crippen LogP contribution in [0.15, 0.2) is 65.9 Å². The second-order valence-electron chi connectivity index (χ2n) is 8.76. The second kappa shape index (κ2) is 8.18. The minimum absolute atomic E-state index is 0.345. The van der Waals surface area contributed by atoms with E-state index in [9.17, 15) is 8.94 Å². The monoisotopic (exact) mass is 477 g/mol. The number of aromatic nitrogens is 2. The van der Waals surface area contributed by atoms with Crippen molar-refractivity contribution in [2.75, 3.05) is 34.4 Å². The van der Waals surface area contributed by atoms with Crippen LogP contribution in [0.4, 0.5) is 27.5 Å². The van der Waals surface area contributed by atoms with Crippen LogP contribution in [-0.4, -0.2) is 33.4 Å². The Bertz CT molecular complexity index is 1280. The van der Waals surface area contributed by atoms with Crippen LogP contribution in [0.2, 0.25) is 0 Å². The predicted molar refractivity (Wildman–Crippen MR) is 130 cm³/mol. The van der Waals surface area contributed by atoms with Gasteiger partial charge >= 0.3 is 0 Å². The van der Waals surface area contributed by atoms with Gasteiger partial charge in [0.1, 0.15) is 22.9 Å². The summed E-state index contributed by atoms with van der Waals surface area (Å²) in [5, 5.41) is 6.40. The Morgan fingerprint density at radius 1 is 1.15 bits per heavy atom. The molecule has 3 aliphatic heterocycles. The largest absolute Gasteiger partial charge is 0.611 e. The lowest BCUT2D eigenvalue weighted by Gasteiger charge is -2.45. The van der Waals surface area contributed by atoms with Crippen molar-refractivity contribution in [2.24, 2.45) is 0 Å². The van der Waals surface area contributed by atoms with Crippen molar-refractivity contribution in [1.29, 1.82) is 0 Å². The summed E-state index contributed by atoms with van der Waals surface area (Å²) in [6.45, 7) is 5.40. The molecule has 0 aliphatic carbocycles. The van der Waals surface area contributed by atoms with Gasteiger partial charge in [-0.2, -0.15) is 4.98 Å². The number of ether oxygens (including phenoxy) is 1. The van der Waals surface area contributed by atoms with E-state index < -0.39 is 16.8 Å². The highest BCUT2D eigenvalue weighted by Crippen LogP contribution is 2.45. The number of aryl methyl sites for hydroxylation is 1. The molecule has 1 spiro atoms. The van der Waals surface area contributed by atoms with E-state index in [-0.39, 0.29) is 5.82 Å². The first-order chi connectivity index (χ1) is 16.5. The highest BCUT2D eigenvalue weighted by molar-refractivity contribution is 7.91. The zero-order valence-electron chi connectivity index (χ0n) is 18.5. The molecule has 0 saturated carbocycles. The van der Waals surface area contributed by atoms with Gasteiger partial charge in [0, 0.05) is 49.3 Å². The number of para-hydroxylation sites is 1. The Balaban J connectivity index is 1.29. The van der Waals surface area contributed by atoms with Crippen LogP contribution in [0.5, 0.6) is 0 Å². The van der Waals surface area contributed by atoms with Gasteiger partial charge in [0.25, 0.3) is 0 Å². The first-order valence-electron chi connectivity index (χ1n) is 11.3. The second-order valence-corrected chi connectivity index (χ2v) is 10.3. The summed E-state index contributed by atoms with van der Waals surface area (Å²) in [6, 6.07) is 14.4. The first kappa shape index (κ1) is 21.2. The first-order valence-corrected chi connectivity index (χ1v) is 12.6. The minimum atomic E-state index is -1.18. The fourth-order valence-corrected chi connectivity index (χ4v) is 6.31. The molecule has 3 aliphatic rings. The number of benzene rings is 2. The maximum absolute atomic E-state index is 13.7. The Kier molecular flexibility index (Phi) is 5.11. The maximum atomic E-state index is 13.7. The van der Waals surface area contributed by atoms with E-state index in [1.165, 1.54) is 12.1 Å². The number of hydrogen-bond donors (Lipinski definition) is 2. The molecule has 2 aromatic carbocycles. The summed E-state index contributed by atoms with van der Waals surface area (Å²) in [5.74, 6) is 1.81. The summed E-state index contributed by atoms with van der Waals surface area (Å²) in [6.07, 6.45) is 2.14. The van der Waals surface area contributed by atoms with Gasteiger partial charge in [0.2, 0.25) is 10.8 Å². The van der Waals surface area contributed by atoms with Crippen LogP contribution >= 0.6 is 0 Å². The molecule has 3 aromatic rings. The van der Waals surface area contributed by atoms with E-state index in [0.29, 0.717) is 53.5 Å². The van der Waals surface area contributed by atoms with Crippen molar-refractivity contribution in [2.45, 2.75) is 29.8 Å². The molecule has 1 unspecified atom stereocenters. The fourth-order valence-electron chi connectivity index (χ4n) is 5.01. The number of halogens is 1. The summed E-state index contributed by atoms with van der Waals surface area (Å²) < 4.78 is 32.7. The van der Waals surface area contributed by atoms with Crippen molar-refractivity contribution < 1.29 is 13.7 Å².